The van der Waals surface area contributed by atoms with E-state index in [1.54, 1.807) is 11.9 Å². The van der Waals surface area contributed by atoms with Crippen molar-refractivity contribution in [2.45, 2.75) is 94.0 Å². The predicted octanol–water partition coefficient (Wildman–Crippen LogP) is 4.17. The second-order valence-corrected chi connectivity index (χ2v) is 12.1. The molecule has 3 rings (SSSR count). The summed E-state index contributed by atoms with van der Waals surface area (Å²) >= 11 is 0. The molecule has 28 heavy (non-hydrogen) atoms. The van der Waals surface area contributed by atoms with Crippen molar-refractivity contribution in [2.75, 3.05) is 0 Å². The Morgan fingerprint density at radius 1 is 0.679 bits per heavy atom. The second-order valence-electron chi connectivity index (χ2n) is 8.14. The molecule has 0 heterocycles. The normalized spacial score (nSPS) is 24.4. The molecule has 1 atom stereocenters. The minimum absolute atomic E-state index is 0. The van der Waals surface area contributed by atoms with E-state index in [9.17, 15) is 19.2 Å². The van der Waals surface area contributed by atoms with Crippen molar-refractivity contribution >= 4 is 30.4 Å². The molecule has 0 aromatic carbocycles. The summed E-state index contributed by atoms with van der Waals surface area (Å²) in [6, 6.07) is 0. The molecule has 3 fully saturated rings. The molecule has 3 aliphatic carbocycles. The van der Waals surface area contributed by atoms with Gasteiger partial charge in [-0.25, -0.2) is 19.2 Å². The van der Waals surface area contributed by atoms with E-state index < -0.39 is 6.89 Å². The van der Waals surface area contributed by atoms with Crippen molar-refractivity contribution in [1.29, 1.82) is 0 Å². The van der Waals surface area contributed by atoms with E-state index >= 15 is 0 Å². The Hall–Kier alpha value is -0.978. The topological polar surface area (TPSA) is 68.3 Å². The van der Waals surface area contributed by atoms with Gasteiger partial charge in [0.1, 0.15) is 23.5 Å². The van der Waals surface area contributed by atoms with Gasteiger partial charge in [0.05, 0.1) is 16.7 Å². The Balaban J connectivity index is 0.00000280. The van der Waals surface area contributed by atoms with Crippen LogP contribution in [0.1, 0.15) is 77.0 Å². The van der Waals surface area contributed by atoms with Gasteiger partial charge in [0.25, 0.3) is 0 Å². The van der Waals surface area contributed by atoms with Gasteiger partial charge >= 0.3 is 0 Å². The van der Waals surface area contributed by atoms with Gasteiger partial charge in [0.15, 0.2) is 0 Å². The fraction of sp³-hybridized carbons (Fsp3) is 0.682. The Bertz CT molecular complexity index is 787. The molecule has 0 spiro atoms. The van der Waals surface area contributed by atoms with Gasteiger partial charge in [0, 0.05) is 26.1 Å². The third-order valence-corrected chi connectivity index (χ3v) is 12.3. The van der Waals surface area contributed by atoms with Crippen LogP contribution in [0, 0.1) is 0 Å². The van der Waals surface area contributed by atoms with Gasteiger partial charge in [-0.15, -0.1) is 0 Å². The fourth-order valence-electron chi connectivity index (χ4n) is 5.68. The van der Waals surface area contributed by atoms with Gasteiger partial charge < -0.3 is 0 Å². The molecule has 3 aliphatic rings. The van der Waals surface area contributed by atoms with Crippen LogP contribution in [0.5, 0.6) is 0 Å². The van der Waals surface area contributed by atoms with Gasteiger partial charge in [-0.1, -0.05) is 38.5 Å². The molecule has 0 aliphatic heterocycles. The standard InChI is InChI=1S/C22H27O4P.Re/c23-13-17-11-12-22(21(15-25)20(17)14-24)27(16-26,18-7-3-1-4-8-18)19-9-5-2-6-10-19;/h18-19,22H,1-12H2;. The minimum Gasteiger partial charge on any atom is -0.234 e. The molecule has 0 N–H and O–H groups in total. The van der Waals surface area contributed by atoms with Crippen molar-refractivity contribution in [3.63, 3.8) is 0 Å². The summed E-state index contributed by atoms with van der Waals surface area (Å²) in [7, 11) is 0. The monoisotopic (exact) mass is 573 g/mol. The number of rotatable bonds is 3. The molecular weight excluding hydrogens is 545 g/mol. The molecule has 3 saturated carbocycles. The number of carbonyl (C=O) groups excluding carboxylic acids is 4. The molecule has 0 bridgehead atoms. The molecule has 0 aromatic heterocycles. The molecule has 1 unspecified atom stereocenters. The van der Waals surface area contributed by atoms with Gasteiger partial charge in [-0.3, -0.25) is 0 Å². The molecule has 6 heteroatoms. The first-order valence-electron chi connectivity index (χ1n) is 10.2. The van der Waals surface area contributed by atoms with Crippen LogP contribution in [0.25, 0.3) is 0 Å². The van der Waals surface area contributed by atoms with Crippen LogP contribution < -0.4 is 0 Å². The molecule has 0 saturated heterocycles. The predicted molar refractivity (Wildman–Crippen MR) is 107 cm³/mol. The molecule has 1 radical (unpaired) electrons. The second kappa shape index (κ2) is 10.7. The van der Waals surface area contributed by atoms with Crippen molar-refractivity contribution in [2.24, 2.45) is 0 Å². The van der Waals surface area contributed by atoms with Crippen molar-refractivity contribution in [3.8, 4) is 0 Å². The molecule has 4 nitrogen and oxygen atoms in total. The van der Waals surface area contributed by atoms with E-state index in [1.807, 2.05) is 5.94 Å². The van der Waals surface area contributed by atoms with Crippen LogP contribution in [0.2, 0.25) is 0 Å². The van der Waals surface area contributed by atoms with Crippen LogP contribution in [0.3, 0.4) is 0 Å². The average Bonchev–Trinajstić information content (AvgIpc) is 2.75. The van der Waals surface area contributed by atoms with Crippen LogP contribution in [0.4, 0.5) is 0 Å². The maximum Gasteiger partial charge on any atom is 0.134 e. The summed E-state index contributed by atoms with van der Waals surface area (Å²) in [5, 5.41) is 0. The average molecular weight is 573 g/mol. The molecule has 0 amide bonds. The third-order valence-electron chi connectivity index (χ3n) is 6.94. The third kappa shape index (κ3) is 4.15. The summed E-state index contributed by atoms with van der Waals surface area (Å²) in [5.74, 6) is 5.55. The number of allylic oxidation sites excluding steroid dienone is 3. The maximum absolute atomic E-state index is 12.7. The SMILES string of the molecule is O=C=C1CCC(P(=C=O)(C2CCCCC2)C2CCCCC2)C(=C=O)C1=C=O.[Re]. The zero-order valence-electron chi connectivity index (χ0n) is 16.2. The minimum atomic E-state index is -2.31. The van der Waals surface area contributed by atoms with Crippen molar-refractivity contribution in [1.82, 2.24) is 0 Å². The smallest absolute Gasteiger partial charge is 0.134 e. The van der Waals surface area contributed by atoms with E-state index in [0.29, 0.717) is 12.8 Å². The first-order valence-corrected chi connectivity index (χ1v) is 12.2. The zero-order valence-corrected chi connectivity index (χ0v) is 19.8. The van der Waals surface area contributed by atoms with Gasteiger partial charge in [-0.05, 0) is 56.7 Å². The van der Waals surface area contributed by atoms with E-state index in [0.717, 1.165) is 51.4 Å². The van der Waals surface area contributed by atoms with E-state index in [4.69, 9.17) is 0 Å². The van der Waals surface area contributed by atoms with Crippen molar-refractivity contribution < 1.29 is 39.6 Å². The first-order chi connectivity index (χ1) is 13.2. The zero-order chi connectivity index (χ0) is 19.3. The molecule has 151 valence electrons. The Morgan fingerprint density at radius 3 is 1.61 bits per heavy atom. The Labute approximate surface area is 180 Å². The van der Waals surface area contributed by atoms with Crippen molar-refractivity contribution in [3.05, 3.63) is 16.7 Å². The van der Waals surface area contributed by atoms with Gasteiger partial charge in [0.2, 0.25) is 0 Å². The summed E-state index contributed by atoms with van der Waals surface area (Å²) in [5.41, 5.74) is 3.30. The maximum atomic E-state index is 12.7. The molecular formula is C22H27O4PRe. The van der Waals surface area contributed by atoms with E-state index in [2.05, 4.69) is 5.66 Å². The number of hydrogen-bond acceptors (Lipinski definition) is 4. The summed E-state index contributed by atoms with van der Waals surface area (Å²) in [6.45, 7) is -2.31. The summed E-state index contributed by atoms with van der Waals surface area (Å²) in [4.78, 5) is 47.4. The quantitative estimate of drug-likeness (QED) is 0.376. The number of hydrogen-bond donors (Lipinski definition) is 0. The van der Waals surface area contributed by atoms with Crippen LogP contribution in [0.15, 0.2) is 16.7 Å². The van der Waals surface area contributed by atoms with E-state index in [-0.39, 0.29) is 54.1 Å². The molecule has 0 aromatic rings. The largest absolute Gasteiger partial charge is 0.234 e. The van der Waals surface area contributed by atoms with Crippen LogP contribution in [-0.4, -0.2) is 40.5 Å². The summed E-state index contributed by atoms with van der Waals surface area (Å²) in [6.07, 6.45) is 11.8. The van der Waals surface area contributed by atoms with Crippen LogP contribution in [-0.2, 0) is 39.6 Å². The van der Waals surface area contributed by atoms with Crippen LogP contribution >= 0.6 is 6.89 Å². The van der Waals surface area contributed by atoms with E-state index in [1.165, 1.54) is 12.8 Å². The van der Waals surface area contributed by atoms with Gasteiger partial charge in [-0.2, -0.15) is 0 Å². The Kier molecular flexibility index (Phi) is 8.90. The first kappa shape index (κ1) is 23.3. The summed E-state index contributed by atoms with van der Waals surface area (Å²) < 4.78 is 0. The Morgan fingerprint density at radius 2 is 1.21 bits per heavy atom. The fourth-order valence-corrected chi connectivity index (χ4v) is 11.3.